The molecule has 146 valence electrons. The van der Waals surface area contributed by atoms with E-state index in [0.29, 0.717) is 0 Å². The van der Waals surface area contributed by atoms with E-state index >= 15 is 0 Å². The molecule has 1 aliphatic heterocycles. The molecule has 4 rings (SSSR count). The second-order valence-electron chi connectivity index (χ2n) is 7.24. The molecule has 6 heteroatoms. The third kappa shape index (κ3) is 4.22. The summed E-state index contributed by atoms with van der Waals surface area (Å²) in [5, 5.41) is 8.66. The summed E-state index contributed by atoms with van der Waals surface area (Å²) >= 11 is 0. The first-order valence-corrected chi connectivity index (χ1v) is 9.90. The summed E-state index contributed by atoms with van der Waals surface area (Å²) in [6.07, 6.45) is 1.97. The lowest BCUT2D eigenvalue weighted by Crippen LogP contribution is -2.46. The van der Waals surface area contributed by atoms with E-state index in [9.17, 15) is 4.39 Å². The van der Waals surface area contributed by atoms with Crippen molar-refractivity contribution < 1.29 is 4.39 Å². The van der Waals surface area contributed by atoms with Gasteiger partial charge in [-0.3, -0.25) is 9.47 Å². The van der Waals surface area contributed by atoms with Gasteiger partial charge in [-0.2, -0.15) is 0 Å². The average Bonchev–Trinajstić information content (AvgIpc) is 3.10. The zero-order chi connectivity index (χ0) is 19.3. The minimum absolute atomic E-state index is 0.180. The number of halogens is 1. The first kappa shape index (κ1) is 18.6. The second kappa shape index (κ2) is 8.52. The maximum Gasteiger partial charge on any atom is 0.137 e. The maximum atomic E-state index is 13.1. The highest BCUT2D eigenvalue weighted by molar-refractivity contribution is 5.46. The minimum atomic E-state index is -0.180. The lowest BCUT2D eigenvalue weighted by Gasteiger charge is -2.36. The molecule has 0 unspecified atom stereocenters. The molecule has 0 amide bonds. The number of hydrogen-bond donors (Lipinski definition) is 0. The topological polar surface area (TPSA) is 37.2 Å². The molecule has 0 radical (unpaired) electrons. The summed E-state index contributed by atoms with van der Waals surface area (Å²) in [5.41, 5.74) is 2.22. The highest BCUT2D eigenvalue weighted by atomic mass is 19.1. The maximum absolute atomic E-state index is 13.1. The molecule has 5 nitrogen and oxygen atoms in total. The Hall–Kier alpha value is -2.73. The third-order valence-electron chi connectivity index (χ3n) is 5.35. The molecule has 1 saturated heterocycles. The first-order chi connectivity index (χ1) is 13.7. The predicted molar refractivity (Wildman–Crippen MR) is 109 cm³/mol. The summed E-state index contributed by atoms with van der Waals surface area (Å²) in [4.78, 5) is 4.82. The molecule has 1 aliphatic rings. The van der Waals surface area contributed by atoms with Gasteiger partial charge in [0.25, 0.3) is 0 Å². The number of aryl methyl sites for hydroxylation is 2. The lowest BCUT2D eigenvalue weighted by atomic mass is 10.2. The molecule has 1 aromatic heterocycles. The standard InChI is InChI=1S/C22H26FN5/c1-18-24-25-22(28(18)21-6-3-2-4-7-21)8-5-13-26-14-16-27(17-15-26)20-11-9-19(23)10-12-20/h2-4,6-7,9-12H,5,8,13-17H2,1H3. The Morgan fingerprint density at radius 2 is 1.57 bits per heavy atom. The Bertz CT molecular complexity index is 883. The van der Waals surface area contributed by atoms with Crippen LogP contribution in [0.1, 0.15) is 18.1 Å². The van der Waals surface area contributed by atoms with Gasteiger partial charge in [-0.1, -0.05) is 18.2 Å². The SMILES string of the molecule is Cc1nnc(CCCN2CCN(c3ccc(F)cc3)CC2)n1-c1ccccc1. The lowest BCUT2D eigenvalue weighted by molar-refractivity contribution is 0.254. The van der Waals surface area contributed by atoms with Crippen LogP contribution >= 0.6 is 0 Å². The monoisotopic (exact) mass is 379 g/mol. The van der Waals surface area contributed by atoms with E-state index in [4.69, 9.17) is 0 Å². The fourth-order valence-electron chi connectivity index (χ4n) is 3.82. The number of aromatic nitrogens is 3. The number of piperazine rings is 1. The van der Waals surface area contributed by atoms with Crippen LogP contribution in [0.25, 0.3) is 5.69 Å². The quantitative estimate of drug-likeness (QED) is 0.657. The van der Waals surface area contributed by atoms with Crippen LogP contribution in [0.5, 0.6) is 0 Å². The van der Waals surface area contributed by atoms with Gasteiger partial charge in [0.05, 0.1) is 0 Å². The number of anilines is 1. The largest absolute Gasteiger partial charge is 0.369 e. The number of benzene rings is 2. The average molecular weight is 379 g/mol. The highest BCUT2D eigenvalue weighted by Gasteiger charge is 2.17. The van der Waals surface area contributed by atoms with Crippen LogP contribution in [0.3, 0.4) is 0 Å². The van der Waals surface area contributed by atoms with Crippen molar-refractivity contribution in [3.63, 3.8) is 0 Å². The Morgan fingerprint density at radius 1 is 0.857 bits per heavy atom. The van der Waals surface area contributed by atoms with Crippen molar-refractivity contribution in [1.82, 2.24) is 19.7 Å². The third-order valence-corrected chi connectivity index (χ3v) is 5.35. The van der Waals surface area contributed by atoms with Crippen molar-refractivity contribution >= 4 is 5.69 Å². The summed E-state index contributed by atoms with van der Waals surface area (Å²) in [6.45, 7) is 7.07. The van der Waals surface area contributed by atoms with E-state index in [-0.39, 0.29) is 5.82 Å². The molecule has 0 atom stereocenters. The number of para-hydroxylation sites is 1. The summed E-state index contributed by atoms with van der Waals surface area (Å²) in [5.74, 6) is 1.77. The van der Waals surface area contributed by atoms with Crippen molar-refractivity contribution in [2.45, 2.75) is 19.8 Å². The van der Waals surface area contributed by atoms with Gasteiger partial charge >= 0.3 is 0 Å². The zero-order valence-corrected chi connectivity index (χ0v) is 16.3. The van der Waals surface area contributed by atoms with E-state index in [2.05, 4.69) is 36.7 Å². The van der Waals surface area contributed by atoms with Gasteiger partial charge in [0.15, 0.2) is 0 Å². The van der Waals surface area contributed by atoms with Gasteiger partial charge in [0.2, 0.25) is 0 Å². The molecule has 0 saturated carbocycles. The smallest absolute Gasteiger partial charge is 0.137 e. The Balaban J connectivity index is 1.28. The normalized spacial score (nSPS) is 15.1. The van der Waals surface area contributed by atoms with Gasteiger partial charge < -0.3 is 4.90 Å². The van der Waals surface area contributed by atoms with Crippen LogP contribution < -0.4 is 4.90 Å². The molecule has 0 N–H and O–H groups in total. The van der Waals surface area contributed by atoms with Crippen LogP contribution in [0.4, 0.5) is 10.1 Å². The van der Waals surface area contributed by atoms with Crippen molar-refractivity contribution in [3.8, 4) is 5.69 Å². The molecular formula is C22H26FN5. The van der Waals surface area contributed by atoms with Crippen LogP contribution in [0.2, 0.25) is 0 Å². The van der Waals surface area contributed by atoms with Gasteiger partial charge in [0, 0.05) is 44.0 Å². The molecule has 2 aromatic carbocycles. The number of rotatable bonds is 6. The summed E-state index contributed by atoms with van der Waals surface area (Å²) in [6, 6.07) is 17.1. The molecule has 1 fully saturated rings. The minimum Gasteiger partial charge on any atom is -0.369 e. The number of nitrogens with zero attached hydrogens (tertiary/aromatic N) is 5. The molecule has 2 heterocycles. The molecule has 0 aliphatic carbocycles. The number of hydrogen-bond acceptors (Lipinski definition) is 4. The van der Waals surface area contributed by atoms with Gasteiger partial charge in [-0.25, -0.2) is 4.39 Å². The fraction of sp³-hybridized carbons (Fsp3) is 0.364. The molecule has 28 heavy (non-hydrogen) atoms. The Labute approximate surface area is 165 Å². The molecular weight excluding hydrogens is 353 g/mol. The van der Waals surface area contributed by atoms with E-state index in [1.54, 1.807) is 0 Å². The summed E-state index contributed by atoms with van der Waals surface area (Å²) < 4.78 is 15.2. The molecule has 3 aromatic rings. The fourth-order valence-corrected chi connectivity index (χ4v) is 3.82. The van der Waals surface area contributed by atoms with Crippen molar-refractivity contribution in [2.24, 2.45) is 0 Å². The highest BCUT2D eigenvalue weighted by Crippen LogP contribution is 2.18. The molecule has 0 bridgehead atoms. The molecule has 0 spiro atoms. The Kier molecular flexibility index (Phi) is 5.67. The first-order valence-electron chi connectivity index (χ1n) is 9.90. The zero-order valence-electron chi connectivity index (χ0n) is 16.3. The van der Waals surface area contributed by atoms with Crippen LogP contribution in [0, 0.1) is 12.7 Å². The van der Waals surface area contributed by atoms with E-state index in [0.717, 1.165) is 68.6 Å². The van der Waals surface area contributed by atoms with E-state index < -0.39 is 0 Å². The van der Waals surface area contributed by atoms with Gasteiger partial charge in [-0.05, 0) is 56.3 Å². The summed E-state index contributed by atoms with van der Waals surface area (Å²) in [7, 11) is 0. The Morgan fingerprint density at radius 3 is 2.29 bits per heavy atom. The van der Waals surface area contributed by atoms with Crippen LogP contribution in [0.15, 0.2) is 54.6 Å². The predicted octanol–water partition coefficient (Wildman–Crippen LogP) is 3.47. The van der Waals surface area contributed by atoms with Crippen molar-refractivity contribution in [3.05, 3.63) is 72.1 Å². The van der Waals surface area contributed by atoms with Crippen molar-refractivity contribution in [1.29, 1.82) is 0 Å². The van der Waals surface area contributed by atoms with Crippen LogP contribution in [-0.2, 0) is 6.42 Å². The van der Waals surface area contributed by atoms with Crippen molar-refractivity contribution in [2.75, 3.05) is 37.6 Å². The second-order valence-corrected chi connectivity index (χ2v) is 7.24. The van der Waals surface area contributed by atoms with E-state index in [1.165, 1.54) is 12.1 Å². The van der Waals surface area contributed by atoms with Crippen LogP contribution in [-0.4, -0.2) is 52.4 Å². The van der Waals surface area contributed by atoms with Gasteiger partial charge in [0.1, 0.15) is 17.5 Å². The van der Waals surface area contributed by atoms with E-state index in [1.807, 2.05) is 37.3 Å². The van der Waals surface area contributed by atoms with Gasteiger partial charge in [-0.15, -0.1) is 10.2 Å².